The second kappa shape index (κ2) is 5.49. The zero-order valence-corrected chi connectivity index (χ0v) is 12.5. The van der Waals surface area contributed by atoms with Crippen LogP contribution in [0.2, 0.25) is 5.15 Å². The summed E-state index contributed by atoms with van der Waals surface area (Å²) in [5.41, 5.74) is 1.69. The molecule has 0 amide bonds. The van der Waals surface area contributed by atoms with Crippen LogP contribution < -0.4 is 5.32 Å². The minimum Gasteiger partial charge on any atom is -0.458 e. The van der Waals surface area contributed by atoms with Crippen LogP contribution in [-0.2, 0) is 0 Å². The molecule has 3 atom stereocenters. The van der Waals surface area contributed by atoms with E-state index >= 15 is 0 Å². The predicted molar refractivity (Wildman–Crippen MR) is 80.5 cm³/mol. The maximum atomic E-state index is 5.88. The zero-order chi connectivity index (χ0) is 11.4. The highest BCUT2D eigenvalue weighted by atomic mass is 35.5. The van der Waals surface area contributed by atoms with Gasteiger partial charge in [-0.2, -0.15) is 0 Å². The molecule has 4 rings (SSSR count). The Labute approximate surface area is 128 Å². The Morgan fingerprint density at radius 2 is 2.11 bits per heavy atom. The first kappa shape index (κ1) is 14.9. The van der Waals surface area contributed by atoms with Crippen molar-refractivity contribution in [1.29, 1.82) is 0 Å². The van der Waals surface area contributed by atoms with Crippen molar-refractivity contribution in [2.45, 2.75) is 31.3 Å². The Balaban J connectivity index is 0.000000667. The molecule has 1 saturated carbocycles. The van der Waals surface area contributed by atoms with E-state index in [0.29, 0.717) is 17.2 Å². The molecule has 2 aromatic rings. The first-order valence-corrected chi connectivity index (χ1v) is 6.49. The Hall–Kier alpha value is -0.480. The minimum absolute atomic E-state index is 0. The van der Waals surface area contributed by atoms with Gasteiger partial charge in [-0.3, -0.25) is 0 Å². The molecule has 1 aliphatic heterocycles. The Bertz CT molecular complexity index is 586. The molecule has 2 fully saturated rings. The molecular formula is C13H15Cl3N2O. The first-order valence-electron chi connectivity index (χ1n) is 6.11. The first-order chi connectivity index (χ1) is 8.29. The number of pyridine rings is 1. The van der Waals surface area contributed by atoms with E-state index in [1.165, 1.54) is 19.3 Å². The lowest BCUT2D eigenvalue weighted by atomic mass is 9.98. The van der Waals surface area contributed by atoms with E-state index in [1.807, 2.05) is 12.1 Å². The molecule has 1 saturated heterocycles. The molecule has 104 valence electrons. The lowest BCUT2D eigenvalue weighted by Crippen LogP contribution is -2.28. The maximum absolute atomic E-state index is 5.88. The number of furan rings is 1. The monoisotopic (exact) mass is 320 g/mol. The van der Waals surface area contributed by atoms with Crippen LogP contribution in [0.25, 0.3) is 11.1 Å². The number of aromatic nitrogens is 1. The van der Waals surface area contributed by atoms with E-state index in [1.54, 1.807) is 6.07 Å². The van der Waals surface area contributed by atoms with Crippen LogP contribution >= 0.6 is 36.4 Å². The summed E-state index contributed by atoms with van der Waals surface area (Å²) in [7, 11) is 0. The third-order valence-corrected chi connectivity index (χ3v) is 4.24. The molecule has 1 N–H and O–H groups in total. The lowest BCUT2D eigenvalue weighted by molar-refractivity contribution is 0.340. The van der Waals surface area contributed by atoms with Gasteiger partial charge in [-0.15, -0.1) is 24.8 Å². The van der Waals surface area contributed by atoms with Crippen molar-refractivity contribution in [2.24, 2.45) is 5.92 Å². The molecule has 2 bridgehead atoms. The fourth-order valence-corrected chi connectivity index (χ4v) is 3.40. The van der Waals surface area contributed by atoms with E-state index < -0.39 is 0 Å². The molecule has 0 radical (unpaired) electrons. The molecule has 19 heavy (non-hydrogen) atoms. The molecule has 6 heteroatoms. The van der Waals surface area contributed by atoms with Gasteiger partial charge in [0.25, 0.3) is 0 Å². The van der Waals surface area contributed by atoms with E-state index in [0.717, 1.165) is 22.8 Å². The van der Waals surface area contributed by atoms with E-state index in [-0.39, 0.29) is 24.8 Å². The normalized spacial score (nSPS) is 28.2. The molecule has 0 aromatic carbocycles. The van der Waals surface area contributed by atoms with E-state index in [4.69, 9.17) is 16.0 Å². The molecule has 3 nitrogen and oxygen atoms in total. The largest absolute Gasteiger partial charge is 0.458 e. The van der Waals surface area contributed by atoms with E-state index in [9.17, 15) is 0 Å². The summed E-state index contributed by atoms with van der Waals surface area (Å²) in [5, 5.41) is 4.15. The summed E-state index contributed by atoms with van der Waals surface area (Å²) in [6, 6.07) is 6.75. The van der Waals surface area contributed by atoms with Gasteiger partial charge in [0.15, 0.2) is 5.58 Å². The van der Waals surface area contributed by atoms with Crippen molar-refractivity contribution in [3.05, 3.63) is 29.1 Å². The van der Waals surface area contributed by atoms with Gasteiger partial charge in [0, 0.05) is 12.1 Å². The topological polar surface area (TPSA) is 38.1 Å². The number of nitrogens with zero attached hydrogens (tertiary/aromatic N) is 1. The van der Waals surface area contributed by atoms with Crippen molar-refractivity contribution < 1.29 is 4.42 Å². The van der Waals surface area contributed by atoms with Crippen LogP contribution in [0.1, 0.15) is 31.1 Å². The number of hydrogen-bond acceptors (Lipinski definition) is 3. The molecule has 0 spiro atoms. The summed E-state index contributed by atoms with van der Waals surface area (Å²) < 4.78 is 5.88. The summed E-state index contributed by atoms with van der Waals surface area (Å²) in [6.07, 6.45) is 3.91. The highest BCUT2D eigenvalue weighted by Crippen LogP contribution is 2.44. The molecule has 1 unspecified atom stereocenters. The number of nitrogens with one attached hydrogen (secondary N) is 1. The van der Waals surface area contributed by atoms with Crippen LogP contribution in [0, 0.1) is 5.92 Å². The van der Waals surface area contributed by atoms with Crippen LogP contribution in [0.5, 0.6) is 0 Å². The van der Waals surface area contributed by atoms with Crippen LogP contribution in [0.3, 0.4) is 0 Å². The fourth-order valence-electron chi connectivity index (χ4n) is 3.25. The van der Waals surface area contributed by atoms with Crippen LogP contribution in [0.4, 0.5) is 0 Å². The number of fused-ring (bicyclic) bond motifs is 3. The number of halogens is 3. The van der Waals surface area contributed by atoms with Gasteiger partial charge < -0.3 is 9.73 Å². The number of hydrogen-bond donors (Lipinski definition) is 1. The summed E-state index contributed by atoms with van der Waals surface area (Å²) in [6.45, 7) is 0. The van der Waals surface area contributed by atoms with Gasteiger partial charge in [0.2, 0.25) is 0 Å². The molecule has 1 aliphatic carbocycles. The van der Waals surface area contributed by atoms with Crippen molar-refractivity contribution >= 4 is 47.5 Å². The third-order valence-electron chi connectivity index (χ3n) is 4.03. The summed E-state index contributed by atoms with van der Waals surface area (Å²) in [4.78, 5) is 4.27. The standard InChI is InChI=1S/C13H13ClN2O.2ClH/c14-12-4-3-10-9(16-12)6-11(17-10)13-7-1-2-8(5-7)15-13;;/h3-4,6-8,13,15H,1-2,5H2;2*1H/t7-,8+,13?;;/m0../s1. The summed E-state index contributed by atoms with van der Waals surface area (Å²) >= 11 is 5.88. The quantitative estimate of drug-likeness (QED) is 0.802. The second-order valence-electron chi connectivity index (χ2n) is 5.08. The molecule has 2 aliphatic rings. The summed E-state index contributed by atoms with van der Waals surface area (Å²) in [5.74, 6) is 1.75. The van der Waals surface area contributed by atoms with Crippen molar-refractivity contribution in [1.82, 2.24) is 10.3 Å². The van der Waals surface area contributed by atoms with Crippen molar-refractivity contribution in [3.8, 4) is 0 Å². The van der Waals surface area contributed by atoms with Gasteiger partial charge in [-0.1, -0.05) is 11.6 Å². The third kappa shape index (κ3) is 2.45. The SMILES string of the molecule is Cl.Cl.Clc1ccc2oc(C3N[C@@H]4CC[C@H]3C4)cc2n1. The molecule has 2 aromatic heterocycles. The molecule has 3 heterocycles. The highest BCUT2D eigenvalue weighted by Gasteiger charge is 2.41. The van der Waals surface area contributed by atoms with Gasteiger partial charge in [0.1, 0.15) is 16.4 Å². The number of piperidine rings is 1. The Morgan fingerprint density at radius 3 is 2.79 bits per heavy atom. The van der Waals surface area contributed by atoms with Gasteiger partial charge in [-0.05, 0) is 37.3 Å². The number of rotatable bonds is 1. The van der Waals surface area contributed by atoms with Gasteiger partial charge in [-0.25, -0.2) is 4.98 Å². The van der Waals surface area contributed by atoms with Gasteiger partial charge in [0.05, 0.1) is 6.04 Å². The van der Waals surface area contributed by atoms with E-state index in [2.05, 4.69) is 10.3 Å². The average molecular weight is 322 g/mol. The van der Waals surface area contributed by atoms with Crippen molar-refractivity contribution in [2.75, 3.05) is 0 Å². The van der Waals surface area contributed by atoms with Crippen molar-refractivity contribution in [3.63, 3.8) is 0 Å². The highest BCUT2D eigenvalue weighted by molar-refractivity contribution is 6.29. The zero-order valence-electron chi connectivity index (χ0n) is 10.1. The van der Waals surface area contributed by atoms with Crippen LogP contribution in [0.15, 0.2) is 22.6 Å². The maximum Gasteiger partial charge on any atom is 0.152 e. The fraction of sp³-hybridized carbons (Fsp3) is 0.462. The lowest BCUT2D eigenvalue weighted by Gasteiger charge is -2.20. The predicted octanol–water partition coefficient (Wildman–Crippen LogP) is 4.14. The Kier molecular flexibility index (Phi) is 4.31. The second-order valence-corrected chi connectivity index (χ2v) is 5.47. The van der Waals surface area contributed by atoms with Gasteiger partial charge >= 0.3 is 0 Å². The molecular weight excluding hydrogens is 307 g/mol. The van der Waals surface area contributed by atoms with Crippen LogP contribution in [-0.4, -0.2) is 11.0 Å². The average Bonchev–Trinajstić information content (AvgIpc) is 3.01. The Morgan fingerprint density at radius 1 is 1.26 bits per heavy atom. The minimum atomic E-state index is 0. The smallest absolute Gasteiger partial charge is 0.152 e.